The van der Waals surface area contributed by atoms with Crippen LogP contribution in [0.2, 0.25) is 0 Å². The van der Waals surface area contributed by atoms with Gasteiger partial charge in [-0.25, -0.2) is 0 Å². The molecule has 0 aromatic carbocycles. The van der Waals surface area contributed by atoms with Gasteiger partial charge in [-0.3, -0.25) is 0 Å². The molecule has 8 heavy (non-hydrogen) atoms. The Balaban J connectivity index is 2.03. The Hall–Kier alpha value is -0.0800. The lowest BCUT2D eigenvalue weighted by Gasteiger charge is -2.05. The van der Waals surface area contributed by atoms with Crippen molar-refractivity contribution < 1.29 is 0 Å². The van der Waals surface area contributed by atoms with Crippen LogP contribution in [-0.2, 0) is 0 Å². The van der Waals surface area contributed by atoms with E-state index in [9.17, 15) is 0 Å². The van der Waals surface area contributed by atoms with E-state index in [1.54, 1.807) is 0 Å². The standard InChI is InChI=1S/C6H14N2/c7-4-3-6(8)5-1-2-5/h5-6H,1-4,7-8H2. The maximum Gasteiger partial charge on any atom is 0.00791 e. The van der Waals surface area contributed by atoms with Crippen molar-refractivity contribution in [2.45, 2.75) is 25.3 Å². The fraction of sp³-hybridized carbons (Fsp3) is 1.00. The van der Waals surface area contributed by atoms with Crippen molar-refractivity contribution in [2.24, 2.45) is 17.4 Å². The topological polar surface area (TPSA) is 52.0 Å². The maximum atomic E-state index is 5.71. The van der Waals surface area contributed by atoms with Crippen LogP contribution in [0.5, 0.6) is 0 Å². The molecule has 0 bridgehead atoms. The van der Waals surface area contributed by atoms with E-state index in [0.717, 1.165) is 18.9 Å². The van der Waals surface area contributed by atoms with E-state index >= 15 is 0 Å². The number of hydrogen-bond acceptors (Lipinski definition) is 2. The van der Waals surface area contributed by atoms with Gasteiger partial charge in [-0.2, -0.15) is 0 Å². The van der Waals surface area contributed by atoms with Crippen molar-refractivity contribution in [3.63, 3.8) is 0 Å². The Kier molecular flexibility index (Phi) is 1.86. The van der Waals surface area contributed by atoms with Gasteiger partial charge < -0.3 is 11.5 Å². The molecular weight excluding hydrogens is 100 g/mol. The number of nitrogens with two attached hydrogens (primary N) is 2. The Morgan fingerprint density at radius 3 is 2.50 bits per heavy atom. The lowest BCUT2D eigenvalue weighted by molar-refractivity contribution is 0.557. The van der Waals surface area contributed by atoms with Gasteiger partial charge in [0.05, 0.1) is 0 Å². The second-order valence-corrected chi connectivity index (χ2v) is 2.58. The highest BCUT2D eigenvalue weighted by atomic mass is 14.7. The van der Waals surface area contributed by atoms with Crippen molar-refractivity contribution in [1.29, 1.82) is 0 Å². The third kappa shape index (κ3) is 1.46. The van der Waals surface area contributed by atoms with E-state index in [1.165, 1.54) is 12.8 Å². The van der Waals surface area contributed by atoms with Crippen LogP contribution in [0.1, 0.15) is 19.3 Å². The summed E-state index contributed by atoms with van der Waals surface area (Å²) in [5, 5.41) is 0. The fourth-order valence-corrected chi connectivity index (χ4v) is 0.953. The van der Waals surface area contributed by atoms with Crippen molar-refractivity contribution in [1.82, 2.24) is 0 Å². The summed E-state index contributed by atoms with van der Waals surface area (Å²) in [6, 6.07) is 0.403. The first-order chi connectivity index (χ1) is 3.84. The molecule has 1 aliphatic rings. The van der Waals surface area contributed by atoms with Crippen LogP contribution in [0, 0.1) is 5.92 Å². The van der Waals surface area contributed by atoms with Crippen molar-refractivity contribution in [3.8, 4) is 0 Å². The molecule has 1 saturated carbocycles. The lowest BCUT2D eigenvalue weighted by Crippen LogP contribution is -2.25. The van der Waals surface area contributed by atoms with Crippen LogP contribution < -0.4 is 11.5 Å². The van der Waals surface area contributed by atoms with Gasteiger partial charge in [0, 0.05) is 6.04 Å². The Bertz CT molecular complexity index is 68.9. The van der Waals surface area contributed by atoms with Crippen LogP contribution >= 0.6 is 0 Å². The first-order valence-electron chi connectivity index (χ1n) is 3.30. The van der Waals surface area contributed by atoms with Crippen LogP contribution in [-0.4, -0.2) is 12.6 Å². The molecule has 1 atom stereocenters. The van der Waals surface area contributed by atoms with Gasteiger partial charge in [-0.05, 0) is 31.7 Å². The molecule has 0 spiro atoms. The van der Waals surface area contributed by atoms with E-state index < -0.39 is 0 Å². The minimum atomic E-state index is 0.403. The van der Waals surface area contributed by atoms with Crippen LogP contribution in [0.3, 0.4) is 0 Å². The molecular formula is C6H14N2. The molecule has 2 nitrogen and oxygen atoms in total. The molecule has 1 unspecified atom stereocenters. The van der Waals surface area contributed by atoms with Crippen molar-refractivity contribution in [2.75, 3.05) is 6.54 Å². The molecule has 0 aliphatic heterocycles. The SMILES string of the molecule is NCCC(N)C1CC1. The van der Waals surface area contributed by atoms with E-state index in [1.807, 2.05) is 0 Å². The monoisotopic (exact) mass is 114 g/mol. The summed E-state index contributed by atoms with van der Waals surface area (Å²) in [6.45, 7) is 0.748. The fourth-order valence-electron chi connectivity index (χ4n) is 0.953. The summed E-state index contributed by atoms with van der Waals surface area (Å²) in [4.78, 5) is 0. The summed E-state index contributed by atoms with van der Waals surface area (Å²) in [5.74, 6) is 0.818. The van der Waals surface area contributed by atoms with E-state index in [2.05, 4.69) is 0 Å². The summed E-state index contributed by atoms with van der Waals surface area (Å²) in [7, 11) is 0. The molecule has 0 heterocycles. The quantitative estimate of drug-likeness (QED) is 0.545. The summed E-state index contributed by atoms with van der Waals surface area (Å²) >= 11 is 0. The second-order valence-electron chi connectivity index (χ2n) is 2.58. The average molecular weight is 114 g/mol. The van der Waals surface area contributed by atoms with Gasteiger partial charge in [-0.1, -0.05) is 0 Å². The molecule has 1 aliphatic carbocycles. The molecule has 4 N–H and O–H groups in total. The summed E-state index contributed by atoms with van der Waals surface area (Å²) in [5.41, 5.74) is 11.0. The minimum Gasteiger partial charge on any atom is -0.330 e. The highest BCUT2D eigenvalue weighted by Crippen LogP contribution is 2.32. The first kappa shape index (κ1) is 6.05. The molecule has 1 fully saturated rings. The van der Waals surface area contributed by atoms with Gasteiger partial charge in [0.25, 0.3) is 0 Å². The van der Waals surface area contributed by atoms with Gasteiger partial charge >= 0.3 is 0 Å². The van der Waals surface area contributed by atoms with E-state index in [-0.39, 0.29) is 0 Å². The van der Waals surface area contributed by atoms with Crippen molar-refractivity contribution in [3.05, 3.63) is 0 Å². The van der Waals surface area contributed by atoms with Gasteiger partial charge in [0.15, 0.2) is 0 Å². The molecule has 2 heteroatoms. The zero-order valence-corrected chi connectivity index (χ0v) is 5.14. The first-order valence-corrected chi connectivity index (χ1v) is 3.30. The smallest absolute Gasteiger partial charge is 0.00791 e. The Labute approximate surface area is 50.2 Å². The molecule has 0 aromatic rings. The lowest BCUT2D eigenvalue weighted by atomic mass is 10.1. The number of hydrogen-bond donors (Lipinski definition) is 2. The third-order valence-electron chi connectivity index (χ3n) is 1.73. The van der Waals surface area contributed by atoms with Gasteiger partial charge in [-0.15, -0.1) is 0 Å². The number of rotatable bonds is 3. The Morgan fingerprint density at radius 2 is 2.12 bits per heavy atom. The summed E-state index contributed by atoms with van der Waals surface area (Å²) in [6.07, 6.45) is 3.67. The third-order valence-corrected chi connectivity index (χ3v) is 1.73. The highest BCUT2D eigenvalue weighted by Gasteiger charge is 2.27. The molecule has 48 valence electrons. The maximum absolute atomic E-state index is 5.71. The second kappa shape index (κ2) is 2.46. The molecule has 1 rings (SSSR count). The average Bonchev–Trinajstić information content (AvgIpc) is 2.45. The highest BCUT2D eigenvalue weighted by molar-refractivity contribution is 4.83. The van der Waals surface area contributed by atoms with Gasteiger partial charge in [0.1, 0.15) is 0 Å². The van der Waals surface area contributed by atoms with Crippen LogP contribution in [0.25, 0.3) is 0 Å². The molecule has 0 amide bonds. The Morgan fingerprint density at radius 1 is 1.50 bits per heavy atom. The van der Waals surface area contributed by atoms with E-state index in [4.69, 9.17) is 11.5 Å². The zero-order chi connectivity index (χ0) is 5.98. The van der Waals surface area contributed by atoms with Crippen LogP contribution in [0.4, 0.5) is 0 Å². The normalized spacial score (nSPS) is 23.2. The van der Waals surface area contributed by atoms with Crippen molar-refractivity contribution >= 4 is 0 Å². The zero-order valence-electron chi connectivity index (χ0n) is 5.14. The largest absolute Gasteiger partial charge is 0.330 e. The predicted molar refractivity (Wildman–Crippen MR) is 34.4 cm³/mol. The minimum absolute atomic E-state index is 0.403. The molecule has 0 aromatic heterocycles. The van der Waals surface area contributed by atoms with Gasteiger partial charge in [0.2, 0.25) is 0 Å². The van der Waals surface area contributed by atoms with Crippen LogP contribution in [0.15, 0.2) is 0 Å². The van der Waals surface area contributed by atoms with E-state index in [0.29, 0.717) is 6.04 Å². The summed E-state index contributed by atoms with van der Waals surface area (Å²) < 4.78 is 0. The molecule has 0 saturated heterocycles. The predicted octanol–water partition coefficient (Wildman–Crippen LogP) is 0.0725. The molecule has 0 radical (unpaired) electrons.